The van der Waals surface area contributed by atoms with E-state index in [4.69, 9.17) is 9.72 Å². The van der Waals surface area contributed by atoms with Crippen LogP contribution in [0.15, 0.2) is 128 Å². The Bertz CT molecular complexity index is 3110. The summed E-state index contributed by atoms with van der Waals surface area (Å²) < 4.78 is 8.95. The van der Waals surface area contributed by atoms with Gasteiger partial charge in [0.25, 0.3) is 0 Å². The average molecular weight is 1080 g/mol. The van der Waals surface area contributed by atoms with Crippen LogP contribution < -0.4 is 14.5 Å². The molecule has 0 atom stereocenters. The van der Waals surface area contributed by atoms with Crippen LogP contribution >= 0.6 is 0 Å². The van der Waals surface area contributed by atoms with Gasteiger partial charge in [0.15, 0.2) is 0 Å². The van der Waals surface area contributed by atoms with Crippen LogP contribution in [0.3, 0.4) is 0 Å². The predicted molar refractivity (Wildman–Crippen MR) is 283 cm³/mol. The molecular weight excluding hydrogens is 1010 g/mol. The molecule has 0 bridgehead atoms. The monoisotopic (exact) mass is 1080 g/mol. The van der Waals surface area contributed by atoms with E-state index in [1.54, 1.807) is 0 Å². The van der Waals surface area contributed by atoms with Crippen molar-refractivity contribution in [2.75, 3.05) is 9.80 Å². The Morgan fingerprint density at radius 1 is 0.471 bits per heavy atom. The molecule has 1 aliphatic rings. The minimum Gasteiger partial charge on any atom is -0.509 e. The van der Waals surface area contributed by atoms with Gasteiger partial charge in [-0.05, 0) is 114 Å². The number of rotatable bonds is 6. The Hall–Kier alpha value is -5.64. The summed E-state index contributed by atoms with van der Waals surface area (Å²) in [4.78, 5) is 9.50. The van der Waals surface area contributed by atoms with Gasteiger partial charge in [-0.1, -0.05) is 158 Å². The van der Waals surface area contributed by atoms with Crippen molar-refractivity contribution in [2.24, 2.45) is 0 Å². The molecule has 3 heterocycles. The van der Waals surface area contributed by atoms with E-state index in [0.717, 1.165) is 50.4 Å². The molecule has 0 amide bonds. The number of fused-ring (bicyclic) bond motifs is 4. The SMILES string of the molecule is CC(C)(C)c1cc(-c2ccc3c(c2)N(c2[c-]c(Oc4[c-]c5c(cc4)c4ccccc4n5-c4cc(C(C)(C)C)ccn4)ccc2)[CH-]N3c2cc(C(C)(C)C)cc(C(C)(C)C)c2)cc(C(C)(C)C)c1.[Pt]. The molecule has 6 aromatic carbocycles. The van der Waals surface area contributed by atoms with Gasteiger partial charge in [0.2, 0.25) is 0 Å². The predicted octanol–water partition coefficient (Wildman–Crippen LogP) is 17.1. The first-order valence-corrected chi connectivity index (χ1v) is 23.9. The third-order valence-electron chi connectivity index (χ3n) is 13.3. The summed E-state index contributed by atoms with van der Waals surface area (Å²) in [6, 6.07) is 51.6. The Labute approximate surface area is 420 Å². The van der Waals surface area contributed by atoms with Crippen molar-refractivity contribution < 1.29 is 25.8 Å². The molecule has 6 heteroatoms. The summed E-state index contributed by atoms with van der Waals surface area (Å²) in [5.41, 5.74) is 14.9. The van der Waals surface area contributed by atoms with Crippen LogP contribution in [-0.2, 0) is 48.1 Å². The molecule has 0 radical (unpaired) electrons. The third-order valence-corrected chi connectivity index (χ3v) is 13.3. The molecule has 0 unspecified atom stereocenters. The molecule has 0 N–H and O–H groups in total. The van der Waals surface area contributed by atoms with Gasteiger partial charge in [-0.3, -0.25) is 0 Å². The zero-order chi connectivity index (χ0) is 48.0. The van der Waals surface area contributed by atoms with Crippen LogP contribution in [0.1, 0.15) is 132 Å². The Kier molecular flexibility index (Phi) is 12.5. The number of para-hydroxylation sites is 1. The van der Waals surface area contributed by atoms with E-state index in [9.17, 15) is 0 Å². The Balaban J connectivity index is 0.00000625. The number of aromatic nitrogens is 2. The molecule has 68 heavy (non-hydrogen) atoms. The standard InChI is InChI=1S/C62H67N4O.Pt/c1-58(2,3)42-27-28-63-57(36-42)66-53-22-17-16-21-51(53)52-25-24-50(38-55(52)66)67-49-20-18-19-47(37-49)64-39-65(48-34-45(61(10,11)12)33-46(35-48)62(13,14)15)54-26-23-40(31-56(54)64)41-29-43(59(4,5)6)32-44(30-41)60(7,8)9;/h16-36,39H,1-15H3;/q-3;. The van der Waals surface area contributed by atoms with Crippen molar-refractivity contribution in [2.45, 2.75) is 131 Å². The molecule has 0 saturated heterocycles. The quantitative estimate of drug-likeness (QED) is 0.155. The van der Waals surface area contributed by atoms with Crippen molar-refractivity contribution in [1.82, 2.24) is 9.55 Å². The molecular formula is C62H67N4OPt-3. The van der Waals surface area contributed by atoms with Gasteiger partial charge in [0.05, 0.1) is 0 Å². The van der Waals surface area contributed by atoms with Crippen LogP contribution in [-0.4, -0.2) is 9.55 Å². The number of hydrogen-bond acceptors (Lipinski definition) is 4. The van der Waals surface area contributed by atoms with E-state index < -0.39 is 0 Å². The minimum atomic E-state index is -0.0360. The first-order chi connectivity index (χ1) is 31.3. The fraction of sp³-hybridized carbons (Fsp3) is 0.323. The van der Waals surface area contributed by atoms with Crippen molar-refractivity contribution in [1.29, 1.82) is 0 Å². The molecule has 1 aliphatic heterocycles. The van der Waals surface area contributed by atoms with Crippen LogP contribution in [0.5, 0.6) is 11.5 Å². The smallest absolute Gasteiger partial charge is 0.135 e. The first-order valence-electron chi connectivity index (χ1n) is 23.9. The molecule has 0 fully saturated rings. The van der Waals surface area contributed by atoms with Crippen molar-refractivity contribution in [3.05, 3.63) is 174 Å². The summed E-state index contributed by atoms with van der Waals surface area (Å²) in [6.07, 6.45) is 1.91. The molecule has 9 rings (SSSR count). The second-order valence-electron chi connectivity index (χ2n) is 23.7. The second-order valence-corrected chi connectivity index (χ2v) is 23.7. The second kappa shape index (κ2) is 17.4. The van der Waals surface area contributed by atoms with Gasteiger partial charge in [-0.15, -0.1) is 48.1 Å². The summed E-state index contributed by atoms with van der Waals surface area (Å²) in [5.74, 6) is 2.06. The van der Waals surface area contributed by atoms with Crippen molar-refractivity contribution >= 4 is 44.6 Å². The zero-order valence-electron chi connectivity index (χ0n) is 42.7. The molecule has 8 aromatic rings. The zero-order valence-corrected chi connectivity index (χ0v) is 45.0. The summed E-state index contributed by atoms with van der Waals surface area (Å²) in [5, 5.41) is 2.24. The van der Waals surface area contributed by atoms with Gasteiger partial charge in [-0.2, -0.15) is 12.1 Å². The minimum absolute atomic E-state index is 0. The van der Waals surface area contributed by atoms with Crippen LogP contribution in [0.25, 0.3) is 38.8 Å². The Morgan fingerprint density at radius 2 is 1.06 bits per heavy atom. The van der Waals surface area contributed by atoms with E-state index in [2.05, 4.69) is 246 Å². The fourth-order valence-electron chi connectivity index (χ4n) is 8.95. The Morgan fingerprint density at radius 3 is 1.68 bits per heavy atom. The largest absolute Gasteiger partial charge is 0.509 e. The topological polar surface area (TPSA) is 33.5 Å². The van der Waals surface area contributed by atoms with Gasteiger partial charge in [0.1, 0.15) is 5.82 Å². The van der Waals surface area contributed by atoms with E-state index in [1.165, 1.54) is 38.9 Å². The maximum Gasteiger partial charge on any atom is 0.135 e. The summed E-state index contributed by atoms with van der Waals surface area (Å²) in [7, 11) is 0. The molecule has 0 spiro atoms. The summed E-state index contributed by atoms with van der Waals surface area (Å²) in [6.45, 7) is 36.5. The van der Waals surface area contributed by atoms with Gasteiger partial charge < -0.3 is 19.1 Å². The molecule has 5 nitrogen and oxygen atoms in total. The van der Waals surface area contributed by atoms with E-state index in [-0.39, 0.29) is 48.1 Å². The first kappa shape index (κ1) is 48.8. The molecule has 2 aromatic heterocycles. The molecule has 0 saturated carbocycles. The number of nitrogens with zero attached hydrogens (tertiary/aromatic N) is 4. The summed E-state index contributed by atoms with van der Waals surface area (Å²) >= 11 is 0. The fourth-order valence-corrected chi connectivity index (χ4v) is 8.95. The van der Waals surface area contributed by atoms with E-state index in [1.807, 2.05) is 18.3 Å². The normalized spacial score (nSPS) is 13.6. The van der Waals surface area contributed by atoms with Gasteiger partial charge in [0, 0.05) is 61.3 Å². The van der Waals surface area contributed by atoms with Gasteiger partial charge >= 0.3 is 0 Å². The average Bonchev–Trinajstić information content (AvgIpc) is 3.80. The number of hydrogen-bond donors (Lipinski definition) is 0. The van der Waals surface area contributed by atoms with Crippen molar-refractivity contribution in [3.63, 3.8) is 0 Å². The van der Waals surface area contributed by atoms with Crippen LogP contribution in [0, 0.1) is 18.8 Å². The maximum absolute atomic E-state index is 6.74. The van der Waals surface area contributed by atoms with Crippen LogP contribution in [0.4, 0.5) is 22.7 Å². The third kappa shape index (κ3) is 9.53. The van der Waals surface area contributed by atoms with Gasteiger partial charge in [-0.25, -0.2) is 4.98 Å². The van der Waals surface area contributed by atoms with E-state index >= 15 is 0 Å². The number of benzene rings is 6. The molecule has 0 aliphatic carbocycles. The number of ether oxygens (including phenoxy) is 1. The number of anilines is 4. The number of pyridine rings is 1. The van der Waals surface area contributed by atoms with Crippen LogP contribution in [0.2, 0.25) is 0 Å². The molecule has 354 valence electrons. The van der Waals surface area contributed by atoms with Crippen molar-refractivity contribution in [3.8, 4) is 28.4 Å². The van der Waals surface area contributed by atoms with E-state index in [0.29, 0.717) is 11.5 Å². The maximum atomic E-state index is 6.74.